The molecular formula is C18H23N3O3. The molecule has 0 atom stereocenters. The second kappa shape index (κ2) is 7.37. The molecule has 1 amide bonds. The lowest BCUT2D eigenvalue weighted by atomic mass is 10.1. The maximum absolute atomic E-state index is 12.0. The molecule has 0 aliphatic heterocycles. The third-order valence-corrected chi connectivity index (χ3v) is 3.49. The van der Waals surface area contributed by atoms with E-state index in [1.807, 2.05) is 13.8 Å². The number of amides is 1. The molecule has 0 bridgehead atoms. The van der Waals surface area contributed by atoms with Gasteiger partial charge < -0.3 is 14.8 Å². The standard InChI is InChI=1S/C18H23N3O3/c1-12-15(13(2)21-20-12)6-5-11-19-17(22)16-8-7-14(24-16)9-10-18(3,4)23/h7-8,23H,5-6,11H2,1-4H3,(H,19,22)(H,20,21). The second-order valence-corrected chi connectivity index (χ2v) is 6.24. The Bertz CT molecular complexity index is 750. The van der Waals surface area contributed by atoms with Gasteiger partial charge in [-0.25, -0.2) is 0 Å². The second-order valence-electron chi connectivity index (χ2n) is 6.24. The van der Waals surface area contributed by atoms with Gasteiger partial charge in [0.05, 0.1) is 5.69 Å². The minimum Gasteiger partial charge on any atom is -0.443 e. The third kappa shape index (κ3) is 5.00. The van der Waals surface area contributed by atoms with Gasteiger partial charge in [0, 0.05) is 12.2 Å². The van der Waals surface area contributed by atoms with Gasteiger partial charge in [0.15, 0.2) is 11.5 Å². The van der Waals surface area contributed by atoms with Crippen LogP contribution in [0.2, 0.25) is 0 Å². The van der Waals surface area contributed by atoms with Crippen LogP contribution in [-0.2, 0) is 6.42 Å². The third-order valence-electron chi connectivity index (χ3n) is 3.49. The van der Waals surface area contributed by atoms with Gasteiger partial charge in [-0.05, 0) is 64.2 Å². The first-order valence-corrected chi connectivity index (χ1v) is 7.90. The first kappa shape index (κ1) is 17.8. The summed E-state index contributed by atoms with van der Waals surface area (Å²) in [6, 6.07) is 3.19. The Labute approximate surface area is 141 Å². The van der Waals surface area contributed by atoms with Crippen LogP contribution in [0.15, 0.2) is 16.5 Å². The summed E-state index contributed by atoms with van der Waals surface area (Å²) in [5, 5.41) is 19.5. The summed E-state index contributed by atoms with van der Waals surface area (Å²) in [6.07, 6.45) is 1.67. The van der Waals surface area contributed by atoms with Crippen molar-refractivity contribution in [1.29, 1.82) is 0 Å². The molecule has 0 fully saturated rings. The van der Waals surface area contributed by atoms with Crippen LogP contribution in [0.25, 0.3) is 0 Å². The number of hydrogen-bond donors (Lipinski definition) is 3. The number of carbonyl (C=O) groups excluding carboxylic acids is 1. The Morgan fingerprint density at radius 2 is 2.17 bits per heavy atom. The molecule has 0 aliphatic carbocycles. The van der Waals surface area contributed by atoms with Gasteiger partial charge in [-0.1, -0.05) is 5.92 Å². The summed E-state index contributed by atoms with van der Waals surface area (Å²) in [5.74, 6) is 5.64. The Hall–Kier alpha value is -2.52. The predicted molar refractivity (Wildman–Crippen MR) is 90.6 cm³/mol. The van der Waals surface area contributed by atoms with Crippen molar-refractivity contribution in [3.05, 3.63) is 40.6 Å². The van der Waals surface area contributed by atoms with Crippen molar-refractivity contribution in [3.63, 3.8) is 0 Å². The number of aryl methyl sites for hydroxylation is 2. The number of rotatable bonds is 5. The number of aromatic nitrogens is 2. The molecule has 6 nitrogen and oxygen atoms in total. The Balaban J connectivity index is 1.83. The molecule has 0 unspecified atom stereocenters. The highest BCUT2D eigenvalue weighted by molar-refractivity contribution is 5.91. The summed E-state index contributed by atoms with van der Waals surface area (Å²) in [5.41, 5.74) is 2.17. The van der Waals surface area contributed by atoms with Gasteiger partial charge in [0.25, 0.3) is 5.91 Å². The van der Waals surface area contributed by atoms with Gasteiger partial charge >= 0.3 is 0 Å². The van der Waals surface area contributed by atoms with Crippen molar-refractivity contribution >= 4 is 5.91 Å². The van der Waals surface area contributed by atoms with E-state index >= 15 is 0 Å². The molecule has 0 saturated heterocycles. The fraction of sp³-hybridized carbons (Fsp3) is 0.444. The number of aromatic amines is 1. The van der Waals surface area contributed by atoms with E-state index in [0.717, 1.165) is 24.2 Å². The molecule has 3 N–H and O–H groups in total. The van der Waals surface area contributed by atoms with Crippen LogP contribution in [0.4, 0.5) is 0 Å². The zero-order chi connectivity index (χ0) is 17.7. The molecule has 0 aliphatic rings. The fourth-order valence-corrected chi connectivity index (χ4v) is 2.24. The van der Waals surface area contributed by atoms with E-state index in [2.05, 4.69) is 27.4 Å². The normalized spacial score (nSPS) is 11.0. The van der Waals surface area contributed by atoms with E-state index in [4.69, 9.17) is 4.42 Å². The van der Waals surface area contributed by atoms with Crippen LogP contribution in [-0.4, -0.2) is 33.4 Å². The first-order chi connectivity index (χ1) is 11.3. The Morgan fingerprint density at radius 3 is 2.79 bits per heavy atom. The quantitative estimate of drug-likeness (QED) is 0.579. The molecule has 2 heterocycles. The summed E-state index contributed by atoms with van der Waals surface area (Å²) in [4.78, 5) is 12.0. The van der Waals surface area contributed by atoms with Crippen LogP contribution >= 0.6 is 0 Å². The summed E-state index contributed by atoms with van der Waals surface area (Å²) in [7, 11) is 0. The van der Waals surface area contributed by atoms with E-state index in [-0.39, 0.29) is 11.7 Å². The van der Waals surface area contributed by atoms with Crippen molar-refractivity contribution in [2.24, 2.45) is 0 Å². The lowest BCUT2D eigenvalue weighted by Crippen LogP contribution is -2.24. The van der Waals surface area contributed by atoms with Gasteiger partial charge in [-0.3, -0.25) is 9.89 Å². The van der Waals surface area contributed by atoms with E-state index in [1.54, 1.807) is 26.0 Å². The van der Waals surface area contributed by atoms with E-state index in [0.29, 0.717) is 12.3 Å². The maximum atomic E-state index is 12.0. The highest BCUT2D eigenvalue weighted by atomic mass is 16.3. The Kier molecular flexibility index (Phi) is 5.47. The molecule has 0 radical (unpaired) electrons. The van der Waals surface area contributed by atoms with Gasteiger partial charge in [0.1, 0.15) is 5.60 Å². The highest BCUT2D eigenvalue weighted by Crippen LogP contribution is 2.11. The lowest BCUT2D eigenvalue weighted by Gasteiger charge is -2.05. The molecule has 2 aromatic rings. The van der Waals surface area contributed by atoms with E-state index in [9.17, 15) is 9.90 Å². The van der Waals surface area contributed by atoms with Crippen LogP contribution in [0, 0.1) is 25.7 Å². The lowest BCUT2D eigenvalue weighted by molar-refractivity contribution is 0.0925. The molecule has 128 valence electrons. The number of nitrogens with one attached hydrogen (secondary N) is 2. The summed E-state index contributed by atoms with van der Waals surface area (Å²) in [6.45, 7) is 7.68. The smallest absolute Gasteiger partial charge is 0.287 e. The van der Waals surface area contributed by atoms with Crippen molar-refractivity contribution in [3.8, 4) is 11.8 Å². The predicted octanol–water partition coefficient (Wildman–Crippen LogP) is 2.10. The monoisotopic (exact) mass is 329 g/mol. The average molecular weight is 329 g/mol. The van der Waals surface area contributed by atoms with Crippen LogP contribution in [0.1, 0.15) is 53.5 Å². The largest absolute Gasteiger partial charge is 0.443 e. The molecule has 24 heavy (non-hydrogen) atoms. The number of nitrogens with zero attached hydrogens (tertiary/aromatic N) is 1. The van der Waals surface area contributed by atoms with Crippen LogP contribution in [0.5, 0.6) is 0 Å². The maximum Gasteiger partial charge on any atom is 0.287 e. The topological polar surface area (TPSA) is 91.2 Å². The van der Waals surface area contributed by atoms with Crippen LogP contribution in [0.3, 0.4) is 0 Å². The van der Waals surface area contributed by atoms with Gasteiger partial charge in [0.2, 0.25) is 0 Å². The zero-order valence-electron chi connectivity index (χ0n) is 14.5. The van der Waals surface area contributed by atoms with Gasteiger partial charge in [-0.15, -0.1) is 0 Å². The zero-order valence-corrected chi connectivity index (χ0v) is 14.5. The molecule has 0 saturated carbocycles. The Morgan fingerprint density at radius 1 is 1.42 bits per heavy atom. The van der Waals surface area contributed by atoms with E-state index < -0.39 is 5.60 Å². The number of hydrogen-bond acceptors (Lipinski definition) is 4. The van der Waals surface area contributed by atoms with Crippen LogP contribution < -0.4 is 5.32 Å². The molecule has 0 spiro atoms. The van der Waals surface area contributed by atoms with Crippen molar-refractivity contribution in [2.75, 3.05) is 6.54 Å². The molecule has 2 aromatic heterocycles. The van der Waals surface area contributed by atoms with Crippen molar-refractivity contribution in [1.82, 2.24) is 15.5 Å². The summed E-state index contributed by atoms with van der Waals surface area (Å²) < 4.78 is 5.37. The number of carbonyl (C=O) groups is 1. The van der Waals surface area contributed by atoms with Crippen molar-refractivity contribution in [2.45, 2.75) is 46.1 Å². The number of aliphatic hydroxyl groups is 1. The van der Waals surface area contributed by atoms with Crippen molar-refractivity contribution < 1.29 is 14.3 Å². The first-order valence-electron chi connectivity index (χ1n) is 7.90. The number of H-pyrrole nitrogens is 1. The molecule has 6 heteroatoms. The minimum atomic E-state index is -1.10. The SMILES string of the molecule is Cc1n[nH]c(C)c1CCCNC(=O)c1ccc(C#CC(C)(C)O)o1. The molecule has 0 aromatic carbocycles. The fourth-order valence-electron chi connectivity index (χ4n) is 2.24. The minimum absolute atomic E-state index is 0.214. The number of furan rings is 1. The molecular weight excluding hydrogens is 306 g/mol. The van der Waals surface area contributed by atoms with E-state index in [1.165, 1.54) is 5.56 Å². The van der Waals surface area contributed by atoms with Gasteiger partial charge in [-0.2, -0.15) is 5.10 Å². The molecule has 2 rings (SSSR count). The average Bonchev–Trinajstić information content (AvgIpc) is 3.09. The summed E-state index contributed by atoms with van der Waals surface area (Å²) >= 11 is 0. The highest BCUT2D eigenvalue weighted by Gasteiger charge is 2.11.